The Balaban J connectivity index is 3.42. The normalized spacial score (nSPS) is 10.5. The molecule has 1 amide bonds. The van der Waals surface area contributed by atoms with Crippen molar-refractivity contribution in [2.75, 3.05) is 7.11 Å². The quantitative estimate of drug-likeness (QED) is 0.870. The maximum absolute atomic E-state index is 12.5. The van der Waals surface area contributed by atoms with E-state index in [4.69, 9.17) is 17.3 Å². The fraction of sp³-hybridized carbons (Fsp3) is 0.250. The fourth-order valence-corrected chi connectivity index (χ4v) is 1.27. The standard InChI is InChI=1S/C8H7ClF2N2O2/c1-15-4-2-3(9)5(7(10)11)6(13-4)8(12)14/h2,7H,1H3,(H2,12,14). The summed E-state index contributed by atoms with van der Waals surface area (Å²) in [7, 11) is 1.27. The van der Waals surface area contributed by atoms with Gasteiger partial charge in [-0.25, -0.2) is 13.8 Å². The maximum Gasteiger partial charge on any atom is 0.268 e. The summed E-state index contributed by atoms with van der Waals surface area (Å²) in [5, 5.41) is -0.300. The van der Waals surface area contributed by atoms with Crippen molar-refractivity contribution in [3.05, 3.63) is 22.3 Å². The average Bonchev–Trinajstić information content (AvgIpc) is 2.15. The second kappa shape index (κ2) is 4.39. The molecule has 2 N–H and O–H groups in total. The van der Waals surface area contributed by atoms with Crippen molar-refractivity contribution in [2.45, 2.75) is 6.43 Å². The molecular formula is C8H7ClF2N2O2. The van der Waals surface area contributed by atoms with Crippen LogP contribution in [0.4, 0.5) is 8.78 Å². The number of nitrogens with two attached hydrogens (primary N) is 1. The molecule has 0 aliphatic rings. The zero-order chi connectivity index (χ0) is 11.6. The summed E-state index contributed by atoms with van der Waals surface area (Å²) in [4.78, 5) is 14.4. The number of aromatic nitrogens is 1. The first kappa shape index (κ1) is 11.6. The van der Waals surface area contributed by atoms with Gasteiger partial charge in [-0.1, -0.05) is 11.6 Å². The van der Waals surface area contributed by atoms with Crippen LogP contribution in [-0.4, -0.2) is 18.0 Å². The molecule has 1 rings (SSSR count). The van der Waals surface area contributed by atoms with Crippen molar-refractivity contribution < 1.29 is 18.3 Å². The summed E-state index contributed by atoms with van der Waals surface area (Å²) >= 11 is 5.54. The highest BCUT2D eigenvalue weighted by Crippen LogP contribution is 2.31. The highest BCUT2D eigenvalue weighted by Gasteiger charge is 2.23. The van der Waals surface area contributed by atoms with E-state index in [0.29, 0.717) is 0 Å². The molecule has 0 spiro atoms. The highest BCUT2D eigenvalue weighted by molar-refractivity contribution is 6.32. The molecule has 1 aromatic heterocycles. The van der Waals surface area contributed by atoms with Crippen molar-refractivity contribution in [2.24, 2.45) is 5.73 Å². The molecule has 1 heterocycles. The van der Waals surface area contributed by atoms with Crippen LogP contribution < -0.4 is 10.5 Å². The summed E-state index contributed by atoms with van der Waals surface area (Å²) in [5.41, 5.74) is 3.65. The Labute approximate surface area is 89.0 Å². The number of carbonyl (C=O) groups is 1. The van der Waals surface area contributed by atoms with Crippen LogP contribution in [0.15, 0.2) is 6.07 Å². The zero-order valence-corrected chi connectivity index (χ0v) is 8.39. The molecule has 0 aromatic carbocycles. The molecule has 7 heteroatoms. The van der Waals surface area contributed by atoms with Gasteiger partial charge in [0.2, 0.25) is 5.88 Å². The van der Waals surface area contributed by atoms with Crippen LogP contribution in [-0.2, 0) is 0 Å². The lowest BCUT2D eigenvalue weighted by Crippen LogP contribution is -2.17. The second-order valence-corrected chi connectivity index (χ2v) is 2.98. The number of halogens is 3. The minimum Gasteiger partial charge on any atom is -0.481 e. The Morgan fingerprint density at radius 1 is 1.67 bits per heavy atom. The number of nitrogens with zero attached hydrogens (tertiary/aromatic N) is 1. The monoisotopic (exact) mass is 236 g/mol. The van der Waals surface area contributed by atoms with Crippen molar-refractivity contribution in [1.29, 1.82) is 0 Å². The SMILES string of the molecule is COc1cc(Cl)c(C(F)F)c(C(N)=O)n1. The number of carbonyl (C=O) groups excluding carboxylic acids is 1. The molecule has 0 fully saturated rings. The van der Waals surface area contributed by atoms with Crippen molar-refractivity contribution in [3.63, 3.8) is 0 Å². The van der Waals surface area contributed by atoms with Gasteiger partial charge in [0.05, 0.1) is 17.7 Å². The Morgan fingerprint density at radius 2 is 2.27 bits per heavy atom. The third-order valence-electron chi connectivity index (χ3n) is 1.65. The van der Waals surface area contributed by atoms with Gasteiger partial charge in [-0.15, -0.1) is 0 Å². The first-order valence-electron chi connectivity index (χ1n) is 3.79. The first-order valence-corrected chi connectivity index (χ1v) is 4.17. The first-order chi connectivity index (χ1) is 6.97. The number of pyridine rings is 1. The number of methoxy groups -OCH3 is 1. The summed E-state index contributed by atoms with van der Waals surface area (Å²) in [6.45, 7) is 0. The van der Waals surface area contributed by atoms with E-state index in [0.717, 1.165) is 6.07 Å². The van der Waals surface area contributed by atoms with E-state index in [1.54, 1.807) is 0 Å². The van der Waals surface area contributed by atoms with E-state index >= 15 is 0 Å². The lowest BCUT2D eigenvalue weighted by molar-refractivity contribution is 0.0979. The largest absolute Gasteiger partial charge is 0.481 e. The van der Waals surface area contributed by atoms with Crippen LogP contribution in [0.3, 0.4) is 0 Å². The van der Waals surface area contributed by atoms with Gasteiger partial charge in [-0.05, 0) is 0 Å². The highest BCUT2D eigenvalue weighted by atomic mass is 35.5. The summed E-state index contributed by atoms with van der Waals surface area (Å²) in [6, 6.07) is 1.09. The Hall–Kier alpha value is -1.43. The minimum atomic E-state index is -2.92. The van der Waals surface area contributed by atoms with Crippen molar-refractivity contribution in [3.8, 4) is 5.88 Å². The lowest BCUT2D eigenvalue weighted by Gasteiger charge is -2.09. The van der Waals surface area contributed by atoms with Crippen LogP contribution in [0, 0.1) is 0 Å². The molecule has 0 radical (unpaired) electrons. The van der Waals surface area contributed by atoms with Gasteiger partial charge < -0.3 is 10.5 Å². The van der Waals surface area contributed by atoms with Crippen LogP contribution in [0.5, 0.6) is 5.88 Å². The fourth-order valence-electron chi connectivity index (χ4n) is 1.00. The third-order valence-corrected chi connectivity index (χ3v) is 1.96. The predicted octanol–water partition coefficient (Wildman–Crippen LogP) is 1.78. The van der Waals surface area contributed by atoms with Gasteiger partial charge in [0.15, 0.2) is 0 Å². The van der Waals surface area contributed by atoms with Gasteiger partial charge in [-0.3, -0.25) is 4.79 Å². The predicted molar refractivity (Wildman–Crippen MR) is 49.3 cm³/mol. The summed E-state index contributed by atoms with van der Waals surface area (Å²) in [5.74, 6) is -1.12. The molecule has 4 nitrogen and oxygen atoms in total. The Bertz CT molecular complexity index is 398. The van der Waals surface area contributed by atoms with Crippen LogP contribution >= 0.6 is 11.6 Å². The molecule has 0 aliphatic heterocycles. The van der Waals surface area contributed by atoms with Crippen molar-refractivity contribution in [1.82, 2.24) is 4.98 Å². The summed E-state index contributed by atoms with van der Waals surface area (Å²) < 4.78 is 29.7. The zero-order valence-electron chi connectivity index (χ0n) is 7.63. The van der Waals surface area contributed by atoms with Gasteiger partial charge in [0.25, 0.3) is 12.3 Å². The molecule has 0 saturated carbocycles. The molecule has 82 valence electrons. The van der Waals surface area contributed by atoms with E-state index in [9.17, 15) is 13.6 Å². The van der Waals surface area contributed by atoms with E-state index in [1.807, 2.05) is 0 Å². The second-order valence-electron chi connectivity index (χ2n) is 2.57. The number of hydrogen-bond acceptors (Lipinski definition) is 3. The molecule has 0 aliphatic carbocycles. The molecule has 1 aromatic rings. The molecule has 0 bridgehead atoms. The number of amides is 1. The number of hydrogen-bond donors (Lipinski definition) is 1. The average molecular weight is 237 g/mol. The molecule has 15 heavy (non-hydrogen) atoms. The van der Waals surface area contributed by atoms with Gasteiger partial charge >= 0.3 is 0 Å². The number of rotatable bonds is 3. The van der Waals surface area contributed by atoms with Crippen molar-refractivity contribution >= 4 is 17.5 Å². The van der Waals surface area contributed by atoms with Crippen LogP contribution in [0.25, 0.3) is 0 Å². The Morgan fingerprint density at radius 3 is 2.67 bits per heavy atom. The van der Waals surface area contributed by atoms with E-state index in [2.05, 4.69) is 9.72 Å². The number of alkyl halides is 2. The molecule has 0 atom stereocenters. The van der Waals surface area contributed by atoms with Gasteiger partial charge in [0, 0.05) is 6.07 Å². The molecular weight excluding hydrogens is 230 g/mol. The molecule has 0 saturated heterocycles. The number of ether oxygens (including phenoxy) is 1. The Kier molecular flexibility index (Phi) is 3.41. The smallest absolute Gasteiger partial charge is 0.268 e. The minimum absolute atomic E-state index is 0.0433. The topological polar surface area (TPSA) is 65.2 Å². The number of primary amides is 1. The van der Waals surface area contributed by atoms with E-state index < -0.39 is 23.6 Å². The van der Waals surface area contributed by atoms with E-state index in [1.165, 1.54) is 7.11 Å². The van der Waals surface area contributed by atoms with E-state index in [-0.39, 0.29) is 10.9 Å². The lowest BCUT2D eigenvalue weighted by atomic mass is 10.2. The summed E-state index contributed by atoms with van der Waals surface area (Å²) in [6.07, 6.45) is -2.92. The van der Waals surface area contributed by atoms with Gasteiger partial charge in [0.1, 0.15) is 5.69 Å². The maximum atomic E-state index is 12.5. The van der Waals surface area contributed by atoms with Gasteiger partial charge in [-0.2, -0.15) is 0 Å². The van der Waals surface area contributed by atoms with Crippen LogP contribution in [0.2, 0.25) is 5.02 Å². The van der Waals surface area contributed by atoms with Crippen LogP contribution in [0.1, 0.15) is 22.5 Å². The third kappa shape index (κ3) is 2.33. The molecule has 0 unspecified atom stereocenters.